The highest BCUT2D eigenvalue weighted by atomic mass is 32.2. The van der Waals surface area contributed by atoms with E-state index in [0.29, 0.717) is 19.0 Å². The standard InChI is InChI=1S/C16H19N7O2S/c17-26-24-8-12-3-4-13(25-12)23-10-22-14-15(20-9-21-16(14)23)19-7-11-2-1-5-18-6-11/h1-2,5-6,9-10,12-13H,3-4,7-8,17H2,(H,19,20,21). The van der Waals surface area contributed by atoms with Crippen molar-refractivity contribution in [3.05, 3.63) is 42.7 Å². The summed E-state index contributed by atoms with van der Waals surface area (Å²) in [5.41, 5.74) is 2.53. The Morgan fingerprint density at radius 3 is 3.15 bits per heavy atom. The Balaban J connectivity index is 1.50. The Hall–Kier alpha value is -2.27. The van der Waals surface area contributed by atoms with Gasteiger partial charge in [-0.2, -0.15) is 0 Å². The molecule has 26 heavy (non-hydrogen) atoms. The number of imidazole rings is 1. The van der Waals surface area contributed by atoms with Crippen LogP contribution in [0.1, 0.15) is 24.6 Å². The second-order valence-corrected chi connectivity index (χ2v) is 6.36. The number of nitrogens with two attached hydrogens (primary N) is 1. The molecule has 3 aromatic rings. The summed E-state index contributed by atoms with van der Waals surface area (Å²) < 4.78 is 13.1. The molecule has 10 heteroatoms. The van der Waals surface area contributed by atoms with Crippen molar-refractivity contribution in [3.63, 3.8) is 0 Å². The zero-order valence-electron chi connectivity index (χ0n) is 14.0. The van der Waals surface area contributed by atoms with Crippen molar-refractivity contribution in [2.24, 2.45) is 5.14 Å². The van der Waals surface area contributed by atoms with Crippen molar-refractivity contribution in [1.82, 2.24) is 24.5 Å². The minimum Gasteiger partial charge on any atom is -0.364 e. The first kappa shape index (κ1) is 17.2. The van der Waals surface area contributed by atoms with Gasteiger partial charge in [0.1, 0.15) is 12.6 Å². The molecule has 1 aliphatic heterocycles. The first-order valence-corrected chi connectivity index (χ1v) is 9.09. The molecule has 0 bridgehead atoms. The van der Waals surface area contributed by atoms with Crippen molar-refractivity contribution in [2.75, 3.05) is 11.9 Å². The van der Waals surface area contributed by atoms with E-state index >= 15 is 0 Å². The highest BCUT2D eigenvalue weighted by Gasteiger charge is 2.28. The van der Waals surface area contributed by atoms with Crippen LogP contribution in [0.25, 0.3) is 11.2 Å². The third-order valence-electron chi connectivity index (χ3n) is 4.26. The number of ether oxygens (including phenoxy) is 1. The lowest BCUT2D eigenvalue weighted by Gasteiger charge is -2.14. The highest BCUT2D eigenvalue weighted by Crippen LogP contribution is 2.31. The second-order valence-electron chi connectivity index (χ2n) is 5.93. The molecule has 0 radical (unpaired) electrons. The van der Waals surface area contributed by atoms with Crippen LogP contribution in [0.5, 0.6) is 0 Å². The molecule has 2 unspecified atom stereocenters. The van der Waals surface area contributed by atoms with Crippen LogP contribution in [0.3, 0.4) is 0 Å². The van der Waals surface area contributed by atoms with Gasteiger partial charge < -0.3 is 10.1 Å². The van der Waals surface area contributed by atoms with Crippen molar-refractivity contribution >= 4 is 29.2 Å². The molecule has 0 saturated carbocycles. The molecule has 1 saturated heterocycles. The first-order valence-electron chi connectivity index (χ1n) is 8.29. The van der Waals surface area contributed by atoms with Crippen molar-refractivity contribution in [1.29, 1.82) is 0 Å². The van der Waals surface area contributed by atoms with Crippen LogP contribution in [-0.2, 0) is 15.5 Å². The minimum atomic E-state index is -0.113. The van der Waals surface area contributed by atoms with E-state index in [1.54, 1.807) is 12.5 Å². The Labute approximate surface area is 154 Å². The van der Waals surface area contributed by atoms with Gasteiger partial charge in [0.25, 0.3) is 0 Å². The maximum Gasteiger partial charge on any atom is 0.167 e. The summed E-state index contributed by atoms with van der Waals surface area (Å²) in [7, 11) is 0. The molecule has 4 rings (SSSR count). The largest absolute Gasteiger partial charge is 0.364 e. The van der Waals surface area contributed by atoms with Crippen molar-refractivity contribution in [3.8, 4) is 0 Å². The minimum absolute atomic E-state index is 0.0264. The molecule has 1 fully saturated rings. The van der Waals surface area contributed by atoms with Gasteiger partial charge in [0.05, 0.1) is 31.3 Å². The fraction of sp³-hybridized carbons (Fsp3) is 0.375. The summed E-state index contributed by atoms with van der Waals surface area (Å²) in [4.78, 5) is 17.3. The third kappa shape index (κ3) is 3.63. The lowest BCUT2D eigenvalue weighted by atomic mass is 10.2. The first-order chi connectivity index (χ1) is 12.8. The molecular formula is C16H19N7O2S. The van der Waals surface area contributed by atoms with Gasteiger partial charge in [-0.1, -0.05) is 6.07 Å². The number of pyridine rings is 1. The molecule has 1 aliphatic rings. The number of hydrogen-bond acceptors (Lipinski definition) is 9. The van der Waals surface area contributed by atoms with Crippen LogP contribution in [0, 0.1) is 0 Å². The zero-order chi connectivity index (χ0) is 17.8. The van der Waals surface area contributed by atoms with Gasteiger partial charge >= 0.3 is 0 Å². The van der Waals surface area contributed by atoms with Crippen LogP contribution < -0.4 is 10.5 Å². The fourth-order valence-corrected chi connectivity index (χ4v) is 3.24. The number of nitrogens with one attached hydrogen (secondary N) is 1. The Morgan fingerprint density at radius 1 is 1.35 bits per heavy atom. The zero-order valence-corrected chi connectivity index (χ0v) is 14.8. The Morgan fingerprint density at radius 2 is 2.31 bits per heavy atom. The van der Waals surface area contributed by atoms with Gasteiger partial charge in [-0.15, -0.1) is 0 Å². The molecule has 3 N–H and O–H groups in total. The van der Waals surface area contributed by atoms with Gasteiger partial charge in [0.15, 0.2) is 17.0 Å². The fourth-order valence-electron chi connectivity index (χ4n) is 3.01. The van der Waals surface area contributed by atoms with Gasteiger partial charge in [0, 0.05) is 18.9 Å². The summed E-state index contributed by atoms with van der Waals surface area (Å²) in [6, 6.07) is 3.91. The quantitative estimate of drug-likeness (QED) is 0.474. The SMILES string of the molecule is NSOCC1CCC(n2cnc3c(NCc4cccnc4)ncnc32)O1. The topological polar surface area (TPSA) is 113 Å². The lowest BCUT2D eigenvalue weighted by Crippen LogP contribution is -2.15. The number of nitrogens with zero attached hydrogens (tertiary/aromatic N) is 5. The summed E-state index contributed by atoms with van der Waals surface area (Å²) >= 11 is 0.863. The van der Waals surface area contributed by atoms with Gasteiger partial charge in [-0.3, -0.25) is 18.9 Å². The predicted octanol–water partition coefficient (Wildman–Crippen LogP) is 2.05. The van der Waals surface area contributed by atoms with Crippen LogP contribution in [-0.4, -0.2) is 37.2 Å². The predicted molar refractivity (Wildman–Crippen MR) is 97.8 cm³/mol. The van der Waals surface area contributed by atoms with Crippen LogP contribution in [0.4, 0.5) is 5.82 Å². The maximum atomic E-state index is 6.03. The molecular weight excluding hydrogens is 354 g/mol. The molecule has 4 heterocycles. The smallest absolute Gasteiger partial charge is 0.167 e. The van der Waals surface area contributed by atoms with E-state index in [0.717, 1.165) is 41.8 Å². The molecule has 0 spiro atoms. The van der Waals surface area contributed by atoms with Crippen LogP contribution in [0.15, 0.2) is 37.2 Å². The molecule has 0 amide bonds. The van der Waals surface area contributed by atoms with E-state index in [-0.39, 0.29) is 12.3 Å². The number of anilines is 1. The number of fused-ring (bicyclic) bond motifs is 1. The molecule has 9 nitrogen and oxygen atoms in total. The summed E-state index contributed by atoms with van der Waals surface area (Å²) in [5, 5.41) is 8.59. The summed E-state index contributed by atoms with van der Waals surface area (Å²) in [5.74, 6) is 0.690. The van der Waals surface area contributed by atoms with E-state index in [1.807, 2.05) is 22.9 Å². The highest BCUT2D eigenvalue weighted by molar-refractivity contribution is 7.92. The second kappa shape index (κ2) is 7.96. The number of aromatic nitrogens is 5. The van der Waals surface area contributed by atoms with E-state index in [1.165, 1.54) is 6.33 Å². The number of rotatable bonds is 7. The Bertz CT molecular complexity index is 860. The molecule has 136 valence electrons. The van der Waals surface area contributed by atoms with Crippen molar-refractivity contribution in [2.45, 2.75) is 31.7 Å². The van der Waals surface area contributed by atoms with Gasteiger partial charge in [0.2, 0.25) is 0 Å². The summed E-state index contributed by atoms with van der Waals surface area (Å²) in [6.45, 7) is 1.08. The molecule has 0 aromatic carbocycles. The van der Waals surface area contributed by atoms with Crippen LogP contribution in [0.2, 0.25) is 0 Å². The maximum absolute atomic E-state index is 6.03. The average molecular weight is 373 g/mol. The van der Waals surface area contributed by atoms with Crippen molar-refractivity contribution < 1.29 is 8.92 Å². The van der Waals surface area contributed by atoms with Crippen LogP contribution >= 0.6 is 12.2 Å². The normalized spacial score (nSPS) is 19.9. The molecule has 0 aliphatic carbocycles. The summed E-state index contributed by atoms with van der Waals surface area (Å²) in [6.07, 6.45) is 8.54. The van der Waals surface area contributed by atoms with E-state index in [9.17, 15) is 0 Å². The molecule has 3 aromatic heterocycles. The van der Waals surface area contributed by atoms with Gasteiger partial charge in [-0.25, -0.2) is 15.0 Å². The van der Waals surface area contributed by atoms with E-state index in [2.05, 4.69) is 25.3 Å². The lowest BCUT2D eigenvalue weighted by molar-refractivity contribution is -0.0128. The van der Waals surface area contributed by atoms with E-state index in [4.69, 9.17) is 14.1 Å². The third-order valence-corrected chi connectivity index (χ3v) is 4.53. The Kier molecular flexibility index (Phi) is 5.25. The van der Waals surface area contributed by atoms with Gasteiger partial charge in [-0.05, 0) is 24.5 Å². The average Bonchev–Trinajstić information content (AvgIpc) is 3.32. The number of hydrogen-bond donors (Lipinski definition) is 2. The van der Waals surface area contributed by atoms with E-state index < -0.39 is 0 Å². The molecule has 2 atom stereocenters. The monoisotopic (exact) mass is 373 g/mol.